The topological polar surface area (TPSA) is 52.6 Å². The first-order valence-corrected chi connectivity index (χ1v) is 6.07. The van der Waals surface area contributed by atoms with Crippen molar-refractivity contribution in [2.45, 2.75) is 25.1 Å². The van der Waals surface area contributed by atoms with Gasteiger partial charge in [-0.1, -0.05) is 23.7 Å². The summed E-state index contributed by atoms with van der Waals surface area (Å²) in [5.41, 5.74) is 0.129. The van der Waals surface area contributed by atoms with Crippen LogP contribution in [0.3, 0.4) is 0 Å². The van der Waals surface area contributed by atoms with Gasteiger partial charge in [0.05, 0.1) is 0 Å². The predicted octanol–water partition coefficient (Wildman–Crippen LogP) is 3.42. The Morgan fingerprint density at radius 3 is 1.65 bits per heavy atom. The first-order valence-electron chi connectivity index (χ1n) is 5.69. The highest BCUT2D eigenvalue weighted by Crippen LogP contribution is 2.22. The zero-order valence-electron chi connectivity index (χ0n) is 10.9. The minimum Gasteiger partial charge on any atom is -0.418 e. The molecule has 0 spiro atoms. The summed E-state index contributed by atoms with van der Waals surface area (Å²) in [4.78, 5) is 21.4. The number of carbonyl (C=O) groups excluding carboxylic acids is 2. The SMILES string of the molecule is O=C(OC(Cc1ccc(Cl)cc1)OC(=O)C(F)(F)F)C(F)(F)F. The van der Waals surface area contributed by atoms with Gasteiger partial charge in [-0.25, -0.2) is 9.59 Å². The molecule has 0 N–H and O–H groups in total. The zero-order chi connectivity index (χ0) is 17.8. The highest BCUT2D eigenvalue weighted by molar-refractivity contribution is 6.30. The smallest absolute Gasteiger partial charge is 0.418 e. The lowest BCUT2D eigenvalue weighted by molar-refractivity contribution is -0.240. The maximum absolute atomic E-state index is 12.1. The van der Waals surface area contributed by atoms with Crippen LogP contribution in [0.15, 0.2) is 24.3 Å². The summed E-state index contributed by atoms with van der Waals surface area (Å²) < 4.78 is 80.3. The largest absolute Gasteiger partial charge is 0.491 e. The van der Waals surface area contributed by atoms with Gasteiger partial charge in [0.25, 0.3) is 6.29 Å². The van der Waals surface area contributed by atoms with Crippen molar-refractivity contribution < 1.29 is 45.4 Å². The molecule has 1 aromatic rings. The van der Waals surface area contributed by atoms with Crippen LogP contribution in [0.1, 0.15) is 5.56 Å². The van der Waals surface area contributed by atoms with E-state index in [1.165, 1.54) is 24.3 Å². The van der Waals surface area contributed by atoms with Crippen molar-refractivity contribution in [3.63, 3.8) is 0 Å². The van der Waals surface area contributed by atoms with Crippen molar-refractivity contribution in [1.82, 2.24) is 0 Å². The molecule has 0 saturated carbocycles. The normalized spacial score (nSPS) is 12.2. The molecule has 11 heteroatoms. The molecule has 0 atom stereocenters. The molecule has 0 bridgehead atoms. The Labute approximate surface area is 129 Å². The van der Waals surface area contributed by atoms with Crippen LogP contribution in [0.2, 0.25) is 5.02 Å². The monoisotopic (exact) mass is 364 g/mol. The number of rotatable bonds is 4. The molecule has 1 aromatic carbocycles. The van der Waals surface area contributed by atoms with E-state index in [1.807, 2.05) is 0 Å². The first-order chi connectivity index (χ1) is 10.4. The van der Waals surface area contributed by atoms with Crippen molar-refractivity contribution in [3.8, 4) is 0 Å². The highest BCUT2D eigenvalue weighted by atomic mass is 35.5. The van der Waals surface area contributed by atoms with Crippen molar-refractivity contribution in [1.29, 1.82) is 0 Å². The number of esters is 2. The van der Waals surface area contributed by atoms with E-state index in [4.69, 9.17) is 11.6 Å². The molecule has 1 rings (SSSR count). The van der Waals surface area contributed by atoms with Crippen LogP contribution in [-0.4, -0.2) is 30.6 Å². The van der Waals surface area contributed by atoms with E-state index in [-0.39, 0.29) is 10.6 Å². The third kappa shape index (κ3) is 6.35. The maximum atomic E-state index is 12.1. The summed E-state index contributed by atoms with van der Waals surface area (Å²) >= 11 is 5.57. The van der Waals surface area contributed by atoms with Crippen LogP contribution in [-0.2, 0) is 25.5 Å². The second kappa shape index (κ2) is 7.07. The van der Waals surface area contributed by atoms with Crippen molar-refractivity contribution in [2.75, 3.05) is 0 Å². The number of halogens is 7. The van der Waals surface area contributed by atoms with Crippen LogP contribution in [0.25, 0.3) is 0 Å². The van der Waals surface area contributed by atoms with Gasteiger partial charge >= 0.3 is 24.3 Å². The Morgan fingerprint density at radius 2 is 1.30 bits per heavy atom. The molecule has 0 aliphatic heterocycles. The summed E-state index contributed by atoms with van der Waals surface area (Å²) in [5, 5.41) is 0.255. The summed E-state index contributed by atoms with van der Waals surface area (Å²) in [7, 11) is 0. The van der Waals surface area contributed by atoms with Crippen molar-refractivity contribution in [3.05, 3.63) is 34.9 Å². The molecular weight excluding hydrogens is 358 g/mol. The molecule has 128 valence electrons. The van der Waals surface area contributed by atoms with Gasteiger partial charge in [-0.15, -0.1) is 0 Å². The molecule has 0 fully saturated rings. The third-order valence-corrected chi connectivity index (χ3v) is 2.51. The van der Waals surface area contributed by atoms with E-state index in [9.17, 15) is 35.9 Å². The Balaban J connectivity index is 2.89. The lowest BCUT2D eigenvalue weighted by atomic mass is 10.1. The van der Waals surface area contributed by atoms with Crippen LogP contribution < -0.4 is 0 Å². The quantitative estimate of drug-likeness (QED) is 0.467. The third-order valence-electron chi connectivity index (χ3n) is 2.26. The van der Waals surface area contributed by atoms with Crippen molar-refractivity contribution >= 4 is 23.5 Å². The van der Waals surface area contributed by atoms with Crippen LogP contribution >= 0.6 is 11.6 Å². The van der Waals surface area contributed by atoms with E-state index in [1.54, 1.807) is 0 Å². The Hall–Kier alpha value is -1.97. The van der Waals surface area contributed by atoms with E-state index in [0.29, 0.717) is 0 Å². The van der Waals surface area contributed by atoms with Gasteiger partial charge < -0.3 is 9.47 Å². The van der Waals surface area contributed by atoms with Gasteiger partial charge in [-0.2, -0.15) is 26.3 Å². The fourth-order valence-electron chi connectivity index (χ4n) is 1.29. The summed E-state index contributed by atoms with van der Waals surface area (Å²) in [5.74, 6) is -5.57. The number of hydrogen-bond acceptors (Lipinski definition) is 4. The minimum absolute atomic E-state index is 0.129. The van der Waals surface area contributed by atoms with Gasteiger partial charge in [-0.3, -0.25) is 0 Å². The molecule has 0 radical (unpaired) electrons. The standard InChI is InChI=1S/C12H7ClF6O4/c13-7-3-1-6(2-4-7)5-8(22-9(20)11(14,15)16)23-10(21)12(17,18)19/h1-4,8H,5H2. The average molecular weight is 365 g/mol. The molecule has 23 heavy (non-hydrogen) atoms. The number of alkyl halides is 6. The Bertz CT molecular complexity index is 538. The van der Waals surface area contributed by atoms with Gasteiger partial charge in [0.15, 0.2) is 0 Å². The molecule has 0 aromatic heterocycles. The first kappa shape index (κ1) is 19.1. The van der Waals surface area contributed by atoms with Gasteiger partial charge in [0, 0.05) is 11.4 Å². The zero-order valence-corrected chi connectivity index (χ0v) is 11.6. The van der Waals surface area contributed by atoms with Gasteiger partial charge in [-0.05, 0) is 17.7 Å². The summed E-state index contributed by atoms with van der Waals surface area (Å²) in [6, 6.07) is 5.09. The lowest BCUT2D eigenvalue weighted by Gasteiger charge is -2.19. The molecule has 0 aliphatic carbocycles. The number of carbonyl (C=O) groups is 2. The minimum atomic E-state index is -5.46. The van der Waals surface area contributed by atoms with E-state index in [0.717, 1.165) is 0 Å². The Kier molecular flexibility index (Phi) is 5.86. The van der Waals surface area contributed by atoms with Gasteiger partial charge in [0.2, 0.25) is 0 Å². The van der Waals surface area contributed by atoms with E-state index >= 15 is 0 Å². The summed E-state index contributed by atoms with van der Waals surface area (Å²) in [6.45, 7) is 0. The molecule has 0 heterocycles. The second-order valence-corrected chi connectivity index (χ2v) is 4.50. The van der Waals surface area contributed by atoms with Crippen LogP contribution in [0.5, 0.6) is 0 Å². The lowest BCUT2D eigenvalue weighted by Crippen LogP contribution is -2.37. The number of hydrogen-bond donors (Lipinski definition) is 0. The predicted molar refractivity (Wildman–Crippen MR) is 63.2 cm³/mol. The van der Waals surface area contributed by atoms with Crippen molar-refractivity contribution in [2.24, 2.45) is 0 Å². The molecule has 0 unspecified atom stereocenters. The molecule has 0 saturated heterocycles. The number of ether oxygens (including phenoxy) is 2. The van der Waals surface area contributed by atoms with E-state index < -0.39 is 37.0 Å². The van der Waals surface area contributed by atoms with Crippen LogP contribution in [0.4, 0.5) is 26.3 Å². The Morgan fingerprint density at radius 1 is 0.913 bits per heavy atom. The molecular formula is C12H7ClF6O4. The molecule has 0 amide bonds. The second-order valence-electron chi connectivity index (χ2n) is 4.07. The molecule has 4 nitrogen and oxygen atoms in total. The van der Waals surface area contributed by atoms with E-state index in [2.05, 4.69) is 9.47 Å². The fourth-order valence-corrected chi connectivity index (χ4v) is 1.42. The van der Waals surface area contributed by atoms with Crippen LogP contribution in [0, 0.1) is 0 Å². The average Bonchev–Trinajstić information content (AvgIpc) is 2.39. The fraction of sp³-hybridized carbons (Fsp3) is 0.333. The number of benzene rings is 1. The maximum Gasteiger partial charge on any atom is 0.491 e. The highest BCUT2D eigenvalue weighted by Gasteiger charge is 2.46. The van der Waals surface area contributed by atoms with Gasteiger partial charge in [0.1, 0.15) is 0 Å². The summed E-state index contributed by atoms with van der Waals surface area (Å²) in [6.07, 6.45) is -14.0. The molecule has 0 aliphatic rings.